The van der Waals surface area contributed by atoms with Crippen LogP contribution in [0.3, 0.4) is 0 Å². The predicted octanol–water partition coefficient (Wildman–Crippen LogP) is 3.32. The molecule has 0 spiro atoms. The van der Waals surface area contributed by atoms with Gasteiger partial charge in [-0.3, -0.25) is 14.4 Å². The summed E-state index contributed by atoms with van der Waals surface area (Å²) in [5.41, 5.74) is 0.735. The van der Waals surface area contributed by atoms with Gasteiger partial charge in [-0.25, -0.2) is 0 Å². The maximum atomic E-state index is 12.2. The molecule has 7 heteroatoms. The topological polar surface area (TPSA) is 75.3 Å². The van der Waals surface area contributed by atoms with Gasteiger partial charge in [0.05, 0.1) is 17.2 Å². The third-order valence-electron chi connectivity index (χ3n) is 2.99. The summed E-state index contributed by atoms with van der Waals surface area (Å²) in [5.74, 6) is 0.206. The Hall–Kier alpha value is -2.12. The number of thioether (sulfide) groups is 1. The number of hydrogen-bond acceptors (Lipinski definition) is 5. The van der Waals surface area contributed by atoms with Gasteiger partial charge < -0.3 is 10.6 Å². The number of thiophene rings is 1. The zero-order valence-electron chi connectivity index (χ0n) is 13.4. The van der Waals surface area contributed by atoms with Gasteiger partial charge in [-0.2, -0.15) is 0 Å². The number of amides is 2. The van der Waals surface area contributed by atoms with Gasteiger partial charge in [0.25, 0.3) is 0 Å². The van der Waals surface area contributed by atoms with E-state index < -0.39 is 0 Å². The Morgan fingerprint density at radius 3 is 2.33 bits per heavy atom. The zero-order valence-corrected chi connectivity index (χ0v) is 15.1. The summed E-state index contributed by atoms with van der Waals surface area (Å²) in [4.78, 5) is 36.7. The second kappa shape index (κ2) is 8.65. The number of rotatable bonds is 7. The highest BCUT2D eigenvalue weighted by Crippen LogP contribution is 2.24. The van der Waals surface area contributed by atoms with E-state index in [4.69, 9.17) is 0 Å². The highest BCUT2D eigenvalue weighted by atomic mass is 32.2. The van der Waals surface area contributed by atoms with Gasteiger partial charge in [-0.15, -0.1) is 23.1 Å². The molecule has 0 saturated heterocycles. The van der Waals surface area contributed by atoms with Crippen LogP contribution in [0.4, 0.5) is 5.69 Å². The van der Waals surface area contributed by atoms with Gasteiger partial charge in [0.2, 0.25) is 11.8 Å². The first-order valence-electron chi connectivity index (χ1n) is 7.31. The Bertz CT molecular complexity index is 739. The first-order valence-corrected chi connectivity index (χ1v) is 9.11. The van der Waals surface area contributed by atoms with Crippen LogP contribution in [0.25, 0.3) is 0 Å². The summed E-state index contributed by atoms with van der Waals surface area (Å²) in [7, 11) is 0. The van der Waals surface area contributed by atoms with Crippen molar-refractivity contribution >= 4 is 46.4 Å². The summed E-state index contributed by atoms with van der Waals surface area (Å²) in [6.45, 7) is 3.38. The Morgan fingerprint density at radius 2 is 1.71 bits per heavy atom. The van der Waals surface area contributed by atoms with Gasteiger partial charge in [0.15, 0.2) is 5.78 Å². The molecule has 2 rings (SSSR count). The van der Waals surface area contributed by atoms with Crippen LogP contribution in [-0.2, 0) is 16.1 Å². The second-order valence-corrected chi connectivity index (χ2v) is 7.31. The summed E-state index contributed by atoms with van der Waals surface area (Å²) in [6.07, 6.45) is 0. The fourth-order valence-electron chi connectivity index (χ4n) is 1.89. The molecular weight excluding hydrogens is 344 g/mol. The van der Waals surface area contributed by atoms with Crippen molar-refractivity contribution in [1.82, 2.24) is 5.32 Å². The van der Waals surface area contributed by atoms with Crippen LogP contribution in [0.1, 0.15) is 28.4 Å². The van der Waals surface area contributed by atoms with Crippen LogP contribution in [0.5, 0.6) is 0 Å². The van der Waals surface area contributed by atoms with E-state index in [1.165, 1.54) is 36.9 Å². The average molecular weight is 362 g/mol. The molecule has 0 aliphatic carbocycles. The lowest BCUT2D eigenvalue weighted by Crippen LogP contribution is -2.18. The zero-order chi connectivity index (χ0) is 17.5. The maximum absolute atomic E-state index is 12.2. The van der Waals surface area contributed by atoms with Crippen molar-refractivity contribution in [2.24, 2.45) is 0 Å². The number of hydrogen-bond donors (Lipinski definition) is 2. The molecule has 0 radical (unpaired) electrons. The molecule has 2 amide bonds. The van der Waals surface area contributed by atoms with Crippen LogP contribution in [0.2, 0.25) is 0 Å². The molecule has 2 N–H and O–H groups in total. The molecular formula is C17H18N2O3S2. The van der Waals surface area contributed by atoms with E-state index in [9.17, 15) is 14.4 Å². The molecule has 0 saturated carbocycles. The minimum Gasteiger partial charge on any atom is -0.351 e. The maximum Gasteiger partial charge on any atom is 0.221 e. The first kappa shape index (κ1) is 18.2. The number of anilines is 1. The third kappa shape index (κ3) is 5.82. The number of Topliss-reactive ketones (excluding diaryl/α,β-unsaturated/α-hetero) is 1. The Labute approximate surface area is 148 Å². The smallest absolute Gasteiger partial charge is 0.221 e. The quantitative estimate of drug-likeness (QED) is 0.585. The van der Waals surface area contributed by atoms with Gasteiger partial charge >= 0.3 is 0 Å². The van der Waals surface area contributed by atoms with Crippen molar-refractivity contribution < 1.29 is 14.4 Å². The lowest BCUT2D eigenvalue weighted by Gasteiger charge is -2.04. The Kier molecular flexibility index (Phi) is 6.57. The molecule has 126 valence electrons. The average Bonchev–Trinajstić information content (AvgIpc) is 3.00. The summed E-state index contributed by atoms with van der Waals surface area (Å²) in [5, 5.41) is 5.42. The molecule has 0 aliphatic heterocycles. The Balaban J connectivity index is 1.86. The highest BCUT2D eigenvalue weighted by Gasteiger charge is 2.10. The number of benzene rings is 1. The van der Waals surface area contributed by atoms with Crippen LogP contribution in [0, 0.1) is 0 Å². The SMILES string of the molecule is CC(=O)NCc1ccc(C(=O)CSc2ccc(NC(C)=O)cc2)s1. The number of carbonyl (C=O) groups excluding carboxylic acids is 3. The minimum absolute atomic E-state index is 0.0602. The largest absolute Gasteiger partial charge is 0.351 e. The van der Waals surface area contributed by atoms with Crippen molar-refractivity contribution in [3.63, 3.8) is 0 Å². The first-order chi connectivity index (χ1) is 11.4. The van der Waals surface area contributed by atoms with E-state index in [0.29, 0.717) is 17.2 Å². The summed E-state index contributed by atoms with van der Waals surface area (Å²) < 4.78 is 0. The molecule has 0 aliphatic rings. The molecule has 0 atom stereocenters. The minimum atomic E-state index is -0.113. The van der Waals surface area contributed by atoms with Gasteiger partial charge in [-0.1, -0.05) is 0 Å². The lowest BCUT2D eigenvalue weighted by atomic mass is 10.3. The van der Waals surface area contributed by atoms with Crippen molar-refractivity contribution in [1.29, 1.82) is 0 Å². The van der Waals surface area contributed by atoms with E-state index in [-0.39, 0.29) is 17.6 Å². The number of carbonyl (C=O) groups is 3. The van der Waals surface area contributed by atoms with E-state index >= 15 is 0 Å². The molecule has 24 heavy (non-hydrogen) atoms. The van der Waals surface area contributed by atoms with E-state index in [2.05, 4.69) is 10.6 Å². The predicted molar refractivity (Wildman–Crippen MR) is 97.6 cm³/mol. The van der Waals surface area contributed by atoms with Crippen molar-refractivity contribution in [2.75, 3.05) is 11.1 Å². The molecule has 2 aromatic rings. The van der Waals surface area contributed by atoms with Crippen molar-refractivity contribution in [3.05, 3.63) is 46.2 Å². The highest BCUT2D eigenvalue weighted by molar-refractivity contribution is 8.00. The summed E-state index contributed by atoms with van der Waals surface area (Å²) >= 11 is 2.86. The molecule has 1 aromatic heterocycles. The van der Waals surface area contributed by atoms with Crippen LogP contribution in [0.15, 0.2) is 41.3 Å². The van der Waals surface area contributed by atoms with E-state index in [0.717, 1.165) is 15.5 Å². The van der Waals surface area contributed by atoms with E-state index in [1.54, 1.807) is 6.07 Å². The molecule has 1 aromatic carbocycles. The monoisotopic (exact) mass is 362 g/mol. The molecule has 0 unspecified atom stereocenters. The molecule has 1 heterocycles. The fourth-order valence-corrected chi connectivity index (χ4v) is 3.65. The standard InChI is InChI=1S/C17H18N2O3S2/c1-11(20)18-9-15-7-8-17(24-15)16(22)10-23-14-5-3-13(4-6-14)19-12(2)21/h3-8H,9-10H2,1-2H3,(H,18,20)(H,19,21). The fraction of sp³-hybridized carbons (Fsp3) is 0.235. The third-order valence-corrected chi connectivity index (χ3v) is 5.13. The van der Waals surface area contributed by atoms with Gasteiger partial charge in [-0.05, 0) is 36.4 Å². The van der Waals surface area contributed by atoms with Crippen molar-refractivity contribution in [2.45, 2.75) is 25.3 Å². The van der Waals surface area contributed by atoms with Crippen LogP contribution >= 0.6 is 23.1 Å². The second-order valence-electron chi connectivity index (χ2n) is 5.09. The van der Waals surface area contributed by atoms with Crippen LogP contribution in [-0.4, -0.2) is 23.4 Å². The van der Waals surface area contributed by atoms with E-state index in [1.807, 2.05) is 30.3 Å². The number of ketones is 1. The van der Waals surface area contributed by atoms with Gasteiger partial charge in [0.1, 0.15) is 0 Å². The number of nitrogens with one attached hydrogen (secondary N) is 2. The normalized spacial score (nSPS) is 10.2. The molecule has 0 bridgehead atoms. The van der Waals surface area contributed by atoms with Crippen molar-refractivity contribution in [3.8, 4) is 0 Å². The summed E-state index contributed by atoms with van der Waals surface area (Å²) in [6, 6.07) is 11.0. The van der Waals surface area contributed by atoms with Gasteiger partial charge in [0, 0.05) is 29.3 Å². The Morgan fingerprint density at radius 1 is 1.00 bits per heavy atom. The molecule has 5 nitrogen and oxygen atoms in total. The van der Waals surface area contributed by atoms with Crippen LogP contribution < -0.4 is 10.6 Å². The lowest BCUT2D eigenvalue weighted by molar-refractivity contribution is -0.119. The molecule has 0 fully saturated rings.